The van der Waals surface area contributed by atoms with Crippen molar-refractivity contribution in [3.63, 3.8) is 0 Å². The molecule has 0 heterocycles. The molecule has 0 saturated carbocycles. The Labute approximate surface area is 119 Å². The van der Waals surface area contributed by atoms with E-state index in [0.29, 0.717) is 0 Å². The molecule has 2 aromatic carbocycles. The Morgan fingerprint density at radius 3 is 2.42 bits per heavy atom. The van der Waals surface area contributed by atoms with E-state index in [-0.39, 0.29) is 17.8 Å². The lowest BCUT2D eigenvalue weighted by atomic mass is 9.98. The molecule has 1 N–H and O–H groups in total. The van der Waals surface area contributed by atoms with E-state index in [4.69, 9.17) is 0 Å². The summed E-state index contributed by atoms with van der Waals surface area (Å²) in [6.07, 6.45) is 0. The van der Waals surface area contributed by atoms with Crippen molar-refractivity contribution in [2.45, 2.75) is 13.0 Å². The van der Waals surface area contributed by atoms with E-state index in [1.807, 2.05) is 24.3 Å². The normalized spacial score (nSPS) is 11.9. The van der Waals surface area contributed by atoms with Gasteiger partial charge in [0, 0.05) is 11.4 Å². The van der Waals surface area contributed by atoms with Gasteiger partial charge in [0.05, 0.1) is 6.04 Å². The van der Waals surface area contributed by atoms with Crippen LogP contribution in [0.25, 0.3) is 0 Å². The molecule has 0 bridgehead atoms. The van der Waals surface area contributed by atoms with Gasteiger partial charge in [-0.25, -0.2) is 4.39 Å². The standard InChI is InChI=1S/C15H13BrFNO/c1-10(19)18-15(11-5-7-13(16)8-6-11)12-3-2-4-14(17)9-12/h2-9,15H,1H3,(H,18,19)/t15-/m0/s1. The molecule has 0 unspecified atom stereocenters. The lowest BCUT2D eigenvalue weighted by Gasteiger charge is -2.19. The van der Waals surface area contributed by atoms with Crippen molar-refractivity contribution in [1.29, 1.82) is 0 Å². The van der Waals surface area contributed by atoms with Crippen molar-refractivity contribution in [3.8, 4) is 0 Å². The number of rotatable bonds is 3. The third-order valence-electron chi connectivity index (χ3n) is 2.73. The second-order valence-corrected chi connectivity index (χ2v) is 5.16. The quantitative estimate of drug-likeness (QED) is 0.915. The van der Waals surface area contributed by atoms with E-state index in [9.17, 15) is 9.18 Å². The van der Waals surface area contributed by atoms with Crippen LogP contribution in [0, 0.1) is 5.82 Å². The number of carbonyl (C=O) groups excluding carboxylic acids is 1. The monoisotopic (exact) mass is 321 g/mol. The van der Waals surface area contributed by atoms with E-state index >= 15 is 0 Å². The second-order valence-electron chi connectivity index (χ2n) is 4.24. The molecule has 0 radical (unpaired) electrons. The predicted octanol–water partition coefficient (Wildman–Crippen LogP) is 3.81. The van der Waals surface area contributed by atoms with Gasteiger partial charge in [0.2, 0.25) is 5.91 Å². The number of benzene rings is 2. The fourth-order valence-corrected chi connectivity index (χ4v) is 2.17. The summed E-state index contributed by atoms with van der Waals surface area (Å²) in [5, 5.41) is 2.84. The summed E-state index contributed by atoms with van der Waals surface area (Å²) in [5.41, 5.74) is 1.63. The highest BCUT2D eigenvalue weighted by molar-refractivity contribution is 9.10. The van der Waals surface area contributed by atoms with Crippen molar-refractivity contribution in [1.82, 2.24) is 5.32 Å². The summed E-state index contributed by atoms with van der Waals surface area (Å²) in [4.78, 5) is 11.3. The Balaban J connectivity index is 2.40. The van der Waals surface area contributed by atoms with Gasteiger partial charge in [-0.1, -0.05) is 40.2 Å². The number of amides is 1. The molecule has 19 heavy (non-hydrogen) atoms. The summed E-state index contributed by atoms with van der Waals surface area (Å²) in [6.45, 7) is 1.45. The minimum absolute atomic E-state index is 0.155. The number of hydrogen-bond acceptors (Lipinski definition) is 1. The van der Waals surface area contributed by atoms with Crippen molar-refractivity contribution in [2.24, 2.45) is 0 Å². The molecule has 0 aliphatic heterocycles. The summed E-state index contributed by atoms with van der Waals surface area (Å²) in [7, 11) is 0. The maximum Gasteiger partial charge on any atom is 0.217 e. The minimum Gasteiger partial charge on any atom is -0.345 e. The van der Waals surface area contributed by atoms with Gasteiger partial charge in [-0.05, 0) is 35.4 Å². The zero-order chi connectivity index (χ0) is 13.8. The summed E-state index contributed by atoms with van der Waals surface area (Å²) >= 11 is 3.37. The van der Waals surface area contributed by atoms with E-state index in [1.165, 1.54) is 19.1 Å². The first-order valence-corrected chi connectivity index (χ1v) is 6.63. The lowest BCUT2D eigenvalue weighted by molar-refractivity contribution is -0.119. The van der Waals surface area contributed by atoms with Crippen molar-refractivity contribution in [3.05, 3.63) is 69.9 Å². The Morgan fingerprint density at radius 2 is 1.84 bits per heavy atom. The van der Waals surface area contributed by atoms with E-state index in [2.05, 4.69) is 21.2 Å². The first-order chi connectivity index (χ1) is 9.06. The number of hydrogen-bond donors (Lipinski definition) is 1. The largest absolute Gasteiger partial charge is 0.345 e. The maximum absolute atomic E-state index is 13.3. The third-order valence-corrected chi connectivity index (χ3v) is 3.26. The third kappa shape index (κ3) is 3.64. The lowest BCUT2D eigenvalue weighted by Crippen LogP contribution is -2.26. The predicted molar refractivity (Wildman–Crippen MR) is 76.2 cm³/mol. The zero-order valence-electron chi connectivity index (χ0n) is 10.4. The van der Waals surface area contributed by atoms with Crippen molar-refractivity contribution < 1.29 is 9.18 Å². The SMILES string of the molecule is CC(=O)N[C@@H](c1ccc(Br)cc1)c1cccc(F)c1. The molecule has 1 atom stereocenters. The van der Waals surface area contributed by atoms with E-state index in [0.717, 1.165) is 15.6 Å². The number of carbonyl (C=O) groups is 1. The second kappa shape index (κ2) is 5.97. The van der Waals surface area contributed by atoms with Crippen LogP contribution in [0.2, 0.25) is 0 Å². The van der Waals surface area contributed by atoms with Crippen LogP contribution in [-0.4, -0.2) is 5.91 Å². The van der Waals surface area contributed by atoms with Crippen LogP contribution in [0.5, 0.6) is 0 Å². The topological polar surface area (TPSA) is 29.1 Å². The molecule has 2 aromatic rings. The van der Waals surface area contributed by atoms with Gasteiger partial charge in [0.15, 0.2) is 0 Å². The molecule has 2 nitrogen and oxygen atoms in total. The Bertz CT molecular complexity index is 583. The van der Waals surface area contributed by atoms with Gasteiger partial charge in [0.25, 0.3) is 0 Å². The van der Waals surface area contributed by atoms with Crippen LogP contribution in [-0.2, 0) is 4.79 Å². The Morgan fingerprint density at radius 1 is 1.16 bits per heavy atom. The van der Waals surface area contributed by atoms with Crippen LogP contribution >= 0.6 is 15.9 Å². The van der Waals surface area contributed by atoms with Gasteiger partial charge in [-0.15, -0.1) is 0 Å². The minimum atomic E-state index is -0.346. The molecule has 2 rings (SSSR count). The van der Waals surface area contributed by atoms with Crippen LogP contribution < -0.4 is 5.32 Å². The fourth-order valence-electron chi connectivity index (χ4n) is 1.90. The summed E-state index contributed by atoms with van der Waals surface area (Å²) < 4.78 is 14.3. The van der Waals surface area contributed by atoms with Gasteiger partial charge in [-0.3, -0.25) is 4.79 Å². The first kappa shape index (κ1) is 13.7. The number of halogens is 2. The summed E-state index contributed by atoms with van der Waals surface area (Å²) in [6, 6.07) is 13.5. The molecule has 0 aromatic heterocycles. The van der Waals surface area contributed by atoms with Gasteiger partial charge in [-0.2, -0.15) is 0 Å². The molecule has 1 amide bonds. The summed E-state index contributed by atoms with van der Waals surface area (Å²) in [5.74, 6) is -0.470. The molecular formula is C15H13BrFNO. The molecule has 98 valence electrons. The number of nitrogens with one attached hydrogen (secondary N) is 1. The molecule has 0 saturated heterocycles. The maximum atomic E-state index is 13.3. The Kier molecular flexibility index (Phi) is 4.32. The van der Waals surface area contributed by atoms with E-state index < -0.39 is 0 Å². The van der Waals surface area contributed by atoms with Gasteiger partial charge in [0.1, 0.15) is 5.82 Å². The molecule has 4 heteroatoms. The average molecular weight is 322 g/mol. The zero-order valence-corrected chi connectivity index (χ0v) is 11.9. The van der Waals surface area contributed by atoms with E-state index in [1.54, 1.807) is 12.1 Å². The van der Waals surface area contributed by atoms with Crippen molar-refractivity contribution >= 4 is 21.8 Å². The van der Waals surface area contributed by atoms with Crippen molar-refractivity contribution in [2.75, 3.05) is 0 Å². The van der Waals surface area contributed by atoms with Crippen LogP contribution in [0.1, 0.15) is 24.1 Å². The van der Waals surface area contributed by atoms with Gasteiger partial charge >= 0.3 is 0 Å². The smallest absolute Gasteiger partial charge is 0.217 e. The highest BCUT2D eigenvalue weighted by Gasteiger charge is 2.15. The Hall–Kier alpha value is -1.68. The van der Waals surface area contributed by atoms with Crippen LogP contribution in [0.3, 0.4) is 0 Å². The molecule has 0 aliphatic carbocycles. The first-order valence-electron chi connectivity index (χ1n) is 5.84. The highest BCUT2D eigenvalue weighted by atomic mass is 79.9. The molecule has 0 fully saturated rings. The van der Waals surface area contributed by atoms with Crippen LogP contribution in [0.4, 0.5) is 4.39 Å². The van der Waals surface area contributed by atoms with Crippen LogP contribution in [0.15, 0.2) is 53.0 Å². The molecule has 0 spiro atoms. The van der Waals surface area contributed by atoms with Gasteiger partial charge < -0.3 is 5.32 Å². The average Bonchev–Trinajstić information content (AvgIpc) is 2.37. The molecular weight excluding hydrogens is 309 g/mol. The fraction of sp³-hybridized carbons (Fsp3) is 0.133. The molecule has 0 aliphatic rings. The highest BCUT2D eigenvalue weighted by Crippen LogP contribution is 2.24.